The topological polar surface area (TPSA) is 78.7 Å². The van der Waals surface area contributed by atoms with Crippen molar-refractivity contribution in [1.82, 2.24) is 19.4 Å². The number of ether oxygens (including phenoxy) is 3. The standard InChI is InChI=1S/C30H29F5N4O4/c1-38-23-13-20(29(40)41-2)14-24(43-30(34)35)27(23)37-25(38)15-39-10-8-17(9-11-39)22-4-3-5-26(36-22)42-16-19-7-6-18(28(32)33)12-21(19)31/h3-7,12-14,17,28,30H,8-11,15-16H2,1-2H3. The van der Waals surface area contributed by atoms with Gasteiger partial charge in [-0.3, -0.25) is 4.90 Å². The first-order valence-electron chi connectivity index (χ1n) is 13.5. The van der Waals surface area contributed by atoms with Crippen molar-refractivity contribution in [2.45, 2.75) is 44.9 Å². The highest BCUT2D eigenvalue weighted by atomic mass is 19.3. The summed E-state index contributed by atoms with van der Waals surface area (Å²) in [6.45, 7) is -1.34. The Morgan fingerprint density at radius 1 is 1.05 bits per heavy atom. The van der Waals surface area contributed by atoms with Crippen LogP contribution in [0.4, 0.5) is 22.0 Å². The van der Waals surface area contributed by atoms with E-state index in [1.807, 2.05) is 6.07 Å². The van der Waals surface area contributed by atoms with Crippen molar-refractivity contribution in [2.24, 2.45) is 7.05 Å². The highest BCUT2D eigenvalue weighted by Gasteiger charge is 2.25. The smallest absolute Gasteiger partial charge is 0.387 e. The van der Waals surface area contributed by atoms with Crippen LogP contribution in [0.25, 0.3) is 11.0 Å². The van der Waals surface area contributed by atoms with E-state index in [1.165, 1.54) is 31.4 Å². The largest absolute Gasteiger partial charge is 0.473 e. The zero-order valence-electron chi connectivity index (χ0n) is 23.4. The molecule has 1 aliphatic heterocycles. The number of carbonyl (C=O) groups is 1. The number of hydrogen-bond acceptors (Lipinski definition) is 7. The number of piperidine rings is 1. The molecule has 0 radical (unpaired) electrons. The molecule has 2 aromatic heterocycles. The Balaban J connectivity index is 1.23. The summed E-state index contributed by atoms with van der Waals surface area (Å²) in [6.07, 6.45) is -1.17. The molecule has 3 heterocycles. The van der Waals surface area contributed by atoms with Gasteiger partial charge in [-0.25, -0.2) is 27.9 Å². The van der Waals surface area contributed by atoms with E-state index in [1.54, 1.807) is 23.7 Å². The number of pyridine rings is 1. The first-order chi connectivity index (χ1) is 20.6. The van der Waals surface area contributed by atoms with Gasteiger partial charge in [0.15, 0.2) is 5.75 Å². The van der Waals surface area contributed by atoms with E-state index in [0.29, 0.717) is 23.8 Å². The second-order valence-electron chi connectivity index (χ2n) is 10.2. The number of alkyl halides is 4. The number of halogens is 5. The molecule has 1 aliphatic rings. The van der Waals surface area contributed by atoms with Crippen LogP contribution < -0.4 is 9.47 Å². The van der Waals surface area contributed by atoms with Crippen molar-refractivity contribution >= 4 is 17.0 Å². The summed E-state index contributed by atoms with van der Waals surface area (Å²) in [4.78, 5) is 23.4. The van der Waals surface area contributed by atoms with Crippen LogP contribution in [0.2, 0.25) is 0 Å². The lowest BCUT2D eigenvalue weighted by Gasteiger charge is -2.31. The molecule has 1 fully saturated rings. The van der Waals surface area contributed by atoms with Crippen LogP contribution in [-0.2, 0) is 24.9 Å². The van der Waals surface area contributed by atoms with Crippen molar-refractivity contribution in [3.05, 3.63) is 82.6 Å². The fourth-order valence-corrected chi connectivity index (χ4v) is 5.16. The maximum atomic E-state index is 14.2. The van der Waals surface area contributed by atoms with Crippen molar-refractivity contribution < 1.29 is 41.0 Å². The molecule has 2 aromatic carbocycles. The molecular formula is C30H29F5N4O4. The first kappa shape index (κ1) is 30.2. The summed E-state index contributed by atoms with van der Waals surface area (Å²) in [5.41, 5.74) is 1.37. The Kier molecular flexibility index (Phi) is 9.09. The number of likely N-dealkylation sites (tertiary alicyclic amines) is 1. The molecule has 5 rings (SSSR count). The fourth-order valence-electron chi connectivity index (χ4n) is 5.16. The molecule has 8 nitrogen and oxygen atoms in total. The molecule has 43 heavy (non-hydrogen) atoms. The molecule has 1 saturated heterocycles. The Bertz CT molecular complexity index is 1610. The number of hydrogen-bond donors (Lipinski definition) is 0. The number of benzene rings is 2. The lowest BCUT2D eigenvalue weighted by Crippen LogP contribution is -2.33. The van der Waals surface area contributed by atoms with Crippen LogP contribution in [-0.4, -0.2) is 52.2 Å². The van der Waals surface area contributed by atoms with Gasteiger partial charge in [0, 0.05) is 35.9 Å². The third-order valence-electron chi connectivity index (χ3n) is 7.50. The maximum absolute atomic E-state index is 14.2. The third kappa shape index (κ3) is 6.87. The van der Waals surface area contributed by atoms with Gasteiger partial charge in [0.05, 0.1) is 24.7 Å². The number of carbonyl (C=O) groups excluding carboxylic acids is 1. The molecule has 0 N–H and O–H groups in total. The highest BCUT2D eigenvalue weighted by Crippen LogP contribution is 2.32. The lowest BCUT2D eigenvalue weighted by atomic mass is 9.93. The zero-order valence-corrected chi connectivity index (χ0v) is 23.4. The lowest BCUT2D eigenvalue weighted by molar-refractivity contribution is -0.0490. The number of methoxy groups -OCH3 is 1. The molecule has 228 valence electrons. The van der Waals surface area contributed by atoms with Crippen LogP contribution in [0.1, 0.15) is 58.2 Å². The van der Waals surface area contributed by atoms with Gasteiger partial charge in [-0.15, -0.1) is 0 Å². The van der Waals surface area contributed by atoms with Crippen molar-refractivity contribution in [1.29, 1.82) is 0 Å². The van der Waals surface area contributed by atoms with Crippen LogP contribution in [0.3, 0.4) is 0 Å². The minimum atomic E-state index is -3.08. The monoisotopic (exact) mass is 604 g/mol. The van der Waals surface area contributed by atoms with E-state index in [2.05, 4.69) is 19.6 Å². The second-order valence-corrected chi connectivity index (χ2v) is 10.2. The van der Waals surface area contributed by atoms with Crippen molar-refractivity contribution in [2.75, 3.05) is 20.2 Å². The second kappa shape index (κ2) is 12.9. The van der Waals surface area contributed by atoms with E-state index in [0.717, 1.165) is 37.7 Å². The molecule has 0 spiro atoms. The molecule has 0 aliphatic carbocycles. The summed E-state index contributed by atoms with van der Waals surface area (Å²) >= 11 is 0. The predicted octanol–water partition coefficient (Wildman–Crippen LogP) is 6.39. The average molecular weight is 605 g/mol. The number of aromatic nitrogens is 3. The van der Waals surface area contributed by atoms with Crippen molar-refractivity contribution in [3.63, 3.8) is 0 Å². The van der Waals surface area contributed by atoms with E-state index < -0.39 is 24.8 Å². The number of fused-ring (bicyclic) bond motifs is 1. The van der Waals surface area contributed by atoms with E-state index >= 15 is 0 Å². The van der Waals surface area contributed by atoms with Gasteiger partial charge in [-0.05, 0) is 50.2 Å². The molecule has 0 saturated carbocycles. The number of imidazole rings is 1. The third-order valence-corrected chi connectivity index (χ3v) is 7.50. The molecule has 4 aromatic rings. The van der Waals surface area contributed by atoms with Crippen LogP contribution in [0.5, 0.6) is 11.6 Å². The van der Waals surface area contributed by atoms with Gasteiger partial charge >= 0.3 is 12.6 Å². The number of nitrogens with zero attached hydrogens (tertiary/aromatic N) is 4. The Morgan fingerprint density at radius 3 is 2.49 bits per heavy atom. The van der Waals surface area contributed by atoms with Gasteiger partial charge in [-0.1, -0.05) is 18.2 Å². The molecule has 13 heteroatoms. The average Bonchev–Trinajstić information content (AvgIpc) is 3.31. The quantitative estimate of drug-likeness (QED) is 0.153. The molecule has 0 bridgehead atoms. The summed E-state index contributed by atoms with van der Waals surface area (Å²) in [5.74, 6) is -0.555. The molecule has 0 unspecified atom stereocenters. The van der Waals surface area contributed by atoms with E-state index in [4.69, 9.17) is 9.47 Å². The molecule has 0 atom stereocenters. The molecular weight excluding hydrogens is 575 g/mol. The van der Waals surface area contributed by atoms with Crippen LogP contribution in [0, 0.1) is 5.82 Å². The van der Waals surface area contributed by atoms with E-state index in [9.17, 15) is 26.7 Å². The number of aryl methyl sites for hydroxylation is 1. The SMILES string of the molecule is COC(=O)c1cc(OC(F)F)c2nc(CN3CCC(c4cccc(OCc5ccc(C(F)F)cc5F)n4)CC3)n(C)c2c1. The predicted molar refractivity (Wildman–Crippen MR) is 146 cm³/mol. The van der Waals surface area contributed by atoms with Gasteiger partial charge < -0.3 is 18.8 Å². The minimum Gasteiger partial charge on any atom is -0.473 e. The summed E-state index contributed by atoms with van der Waals surface area (Å²) < 4.78 is 82.8. The Labute approximate surface area is 244 Å². The fraction of sp³-hybridized carbons (Fsp3) is 0.367. The van der Waals surface area contributed by atoms with Gasteiger partial charge in [0.25, 0.3) is 6.43 Å². The highest BCUT2D eigenvalue weighted by molar-refractivity contribution is 5.96. The first-order valence-corrected chi connectivity index (χ1v) is 13.5. The van der Waals surface area contributed by atoms with Gasteiger partial charge in [-0.2, -0.15) is 8.78 Å². The number of rotatable bonds is 10. The summed E-state index contributed by atoms with van der Waals surface area (Å²) in [7, 11) is 2.96. The van der Waals surface area contributed by atoms with Crippen LogP contribution in [0.15, 0.2) is 48.5 Å². The normalized spacial score (nSPS) is 14.5. The summed E-state index contributed by atoms with van der Waals surface area (Å²) in [5, 5.41) is 0. The Morgan fingerprint density at radius 2 is 1.81 bits per heavy atom. The van der Waals surface area contributed by atoms with Gasteiger partial charge in [0.2, 0.25) is 5.88 Å². The van der Waals surface area contributed by atoms with E-state index in [-0.39, 0.29) is 40.5 Å². The Hall–Kier alpha value is -4.26. The van der Waals surface area contributed by atoms with Crippen LogP contribution >= 0.6 is 0 Å². The van der Waals surface area contributed by atoms with Gasteiger partial charge in [0.1, 0.15) is 23.8 Å². The zero-order chi connectivity index (χ0) is 30.7. The number of esters is 1. The summed E-state index contributed by atoms with van der Waals surface area (Å²) in [6, 6.07) is 11.4. The molecule has 0 amide bonds. The maximum Gasteiger partial charge on any atom is 0.387 e. The van der Waals surface area contributed by atoms with Crippen molar-refractivity contribution in [3.8, 4) is 11.6 Å². The minimum absolute atomic E-state index is 0.0782.